The van der Waals surface area contributed by atoms with E-state index < -0.39 is 10.0 Å². The van der Waals surface area contributed by atoms with Crippen LogP contribution in [0.1, 0.15) is 44.1 Å². The van der Waals surface area contributed by atoms with Crippen LogP contribution in [-0.4, -0.2) is 27.1 Å². The largest absolute Gasteiger partial charge is 0.325 e. The van der Waals surface area contributed by atoms with Gasteiger partial charge >= 0.3 is 0 Å². The second-order valence-corrected chi connectivity index (χ2v) is 12.8. The molecule has 4 fully saturated rings. The number of hydrogen-bond donors (Lipinski definition) is 1. The number of benzene rings is 2. The predicted molar refractivity (Wildman–Crippen MR) is 131 cm³/mol. The van der Waals surface area contributed by atoms with Gasteiger partial charge in [-0.25, -0.2) is 8.42 Å². The molecule has 170 valence electrons. The number of amides is 1. The van der Waals surface area contributed by atoms with E-state index in [9.17, 15) is 13.2 Å². The first-order chi connectivity index (χ1) is 15.2. The predicted octanol–water partition coefficient (Wildman–Crippen LogP) is 5.32. The highest BCUT2D eigenvalue weighted by Crippen LogP contribution is 2.60. The highest BCUT2D eigenvalue weighted by atomic mass is 79.9. The van der Waals surface area contributed by atoms with Crippen molar-refractivity contribution in [1.29, 1.82) is 0 Å². The van der Waals surface area contributed by atoms with Gasteiger partial charge in [-0.15, -0.1) is 0 Å². The Morgan fingerprint density at radius 2 is 1.56 bits per heavy atom. The minimum atomic E-state index is -3.62. The minimum absolute atomic E-state index is 0.280. The molecule has 5 nitrogen and oxygen atoms in total. The number of anilines is 2. The van der Waals surface area contributed by atoms with Crippen molar-refractivity contribution < 1.29 is 13.2 Å². The van der Waals surface area contributed by atoms with Crippen molar-refractivity contribution in [3.8, 4) is 0 Å². The lowest BCUT2D eigenvalue weighted by Gasteiger charge is -2.57. The number of para-hydroxylation sites is 1. The van der Waals surface area contributed by atoms with E-state index in [4.69, 9.17) is 0 Å². The Bertz CT molecular complexity index is 1090. The number of nitrogens with one attached hydrogen (secondary N) is 1. The first kappa shape index (κ1) is 22.0. The molecule has 0 heterocycles. The molecule has 2 aromatic rings. The van der Waals surface area contributed by atoms with Gasteiger partial charge in [-0.3, -0.25) is 9.10 Å². The molecule has 6 rings (SSSR count). The van der Waals surface area contributed by atoms with Crippen molar-refractivity contribution >= 4 is 43.2 Å². The molecule has 4 aliphatic rings. The molecule has 0 spiro atoms. The molecule has 32 heavy (non-hydrogen) atoms. The van der Waals surface area contributed by atoms with Crippen molar-refractivity contribution in [2.45, 2.75) is 43.9 Å². The molecule has 2 aromatic carbocycles. The Morgan fingerprint density at radius 1 is 1.00 bits per heavy atom. The molecule has 4 bridgehead atoms. The van der Waals surface area contributed by atoms with Crippen molar-refractivity contribution in [3.63, 3.8) is 0 Å². The quantitative estimate of drug-likeness (QED) is 0.564. The molecule has 0 radical (unpaired) electrons. The number of halogens is 1. The van der Waals surface area contributed by atoms with Gasteiger partial charge in [0, 0.05) is 10.2 Å². The average molecular weight is 517 g/mol. The smallest absolute Gasteiger partial charge is 0.245 e. The van der Waals surface area contributed by atoms with Gasteiger partial charge in [-0.05, 0) is 107 Å². The fourth-order valence-electron chi connectivity index (χ4n) is 6.74. The molecule has 0 unspecified atom stereocenters. The van der Waals surface area contributed by atoms with E-state index in [0.29, 0.717) is 21.3 Å². The zero-order valence-electron chi connectivity index (χ0n) is 18.3. The Hall–Kier alpha value is -1.86. The lowest BCUT2D eigenvalue weighted by atomic mass is 9.48. The fourth-order valence-corrected chi connectivity index (χ4v) is 8.22. The molecule has 1 N–H and O–H groups in total. The Morgan fingerprint density at radius 3 is 2.09 bits per heavy atom. The van der Waals surface area contributed by atoms with Gasteiger partial charge in [-0.2, -0.15) is 0 Å². The van der Waals surface area contributed by atoms with Crippen LogP contribution in [0.3, 0.4) is 0 Å². The number of carbonyl (C=O) groups is 1. The summed E-state index contributed by atoms with van der Waals surface area (Å²) < 4.78 is 26.4. The van der Waals surface area contributed by atoms with Gasteiger partial charge in [0.25, 0.3) is 0 Å². The number of nitrogens with zero attached hydrogens (tertiary/aromatic N) is 1. The van der Waals surface area contributed by atoms with Crippen molar-refractivity contribution in [3.05, 3.63) is 58.6 Å². The molecule has 0 saturated heterocycles. The maximum atomic E-state index is 12.7. The summed E-state index contributed by atoms with van der Waals surface area (Å²) in [6.45, 7) is -0.280. The summed E-state index contributed by atoms with van der Waals surface area (Å²) in [6.07, 6.45) is 9.28. The lowest BCUT2D eigenvalue weighted by molar-refractivity contribution is -0.114. The molecule has 1 amide bonds. The maximum absolute atomic E-state index is 12.7. The Balaban J connectivity index is 1.29. The molecule has 4 aliphatic carbocycles. The summed E-state index contributed by atoms with van der Waals surface area (Å²) in [4.78, 5) is 12.7. The van der Waals surface area contributed by atoms with E-state index in [2.05, 4.69) is 33.4 Å². The highest BCUT2D eigenvalue weighted by molar-refractivity contribution is 9.10. The Kier molecular flexibility index (Phi) is 5.61. The van der Waals surface area contributed by atoms with Crippen LogP contribution in [0.5, 0.6) is 0 Å². The van der Waals surface area contributed by atoms with Crippen molar-refractivity contribution in [1.82, 2.24) is 0 Å². The second kappa shape index (κ2) is 8.17. The number of rotatable bonds is 6. The van der Waals surface area contributed by atoms with Crippen LogP contribution in [0.15, 0.2) is 53.0 Å². The van der Waals surface area contributed by atoms with Gasteiger partial charge in [0.2, 0.25) is 15.9 Å². The van der Waals surface area contributed by atoms with E-state index in [1.807, 2.05) is 12.1 Å². The summed E-state index contributed by atoms with van der Waals surface area (Å²) in [5, 5.41) is 2.87. The molecule has 0 aliphatic heterocycles. The number of hydrogen-bond acceptors (Lipinski definition) is 3. The monoisotopic (exact) mass is 516 g/mol. The van der Waals surface area contributed by atoms with Crippen LogP contribution < -0.4 is 9.62 Å². The summed E-state index contributed by atoms with van der Waals surface area (Å²) in [7, 11) is -3.62. The van der Waals surface area contributed by atoms with E-state index in [-0.39, 0.29) is 12.5 Å². The number of sulfonamides is 1. The third-order valence-corrected chi connectivity index (χ3v) is 9.42. The highest BCUT2D eigenvalue weighted by Gasteiger charge is 2.51. The van der Waals surface area contributed by atoms with Crippen molar-refractivity contribution in [2.75, 3.05) is 22.4 Å². The summed E-state index contributed by atoms with van der Waals surface area (Å²) in [5.74, 6) is 2.30. The first-order valence-electron chi connectivity index (χ1n) is 11.3. The van der Waals surface area contributed by atoms with Crippen LogP contribution in [0, 0.1) is 17.8 Å². The standard InChI is InChI=1S/C25H29BrN2O3S/c1-32(30,31)28(23-5-3-2-4-22(23)26)16-24(29)27-21-8-6-20(7-9-21)25-13-17-10-18(14-25)12-19(11-17)15-25/h2-9,17-19H,10-16H2,1H3,(H,27,29). The van der Waals surface area contributed by atoms with E-state index in [0.717, 1.165) is 28.3 Å². The summed E-state index contributed by atoms with van der Waals surface area (Å²) in [5.41, 5.74) is 2.87. The zero-order chi connectivity index (χ0) is 22.5. The fraction of sp³-hybridized carbons (Fsp3) is 0.480. The van der Waals surface area contributed by atoms with Gasteiger partial charge in [0.05, 0.1) is 11.9 Å². The normalized spacial score (nSPS) is 28.5. The van der Waals surface area contributed by atoms with Gasteiger partial charge in [0.15, 0.2) is 0 Å². The molecule has 0 aromatic heterocycles. The number of carbonyl (C=O) groups excluding carboxylic acids is 1. The molecular formula is C25H29BrN2O3S. The molecule has 4 saturated carbocycles. The van der Waals surface area contributed by atoms with Gasteiger partial charge < -0.3 is 5.32 Å². The topological polar surface area (TPSA) is 66.5 Å². The van der Waals surface area contributed by atoms with Crippen LogP contribution >= 0.6 is 15.9 Å². The first-order valence-corrected chi connectivity index (χ1v) is 14.0. The molecule has 7 heteroatoms. The maximum Gasteiger partial charge on any atom is 0.245 e. The van der Waals surface area contributed by atoms with Crippen LogP contribution in [0.25, 0.3) is 0 Å². The average Bonchev–Trinajstić information content (AvgIpc) is 2.71. The second-order valence-electron chi connectivity index (χ2n) is 10.0. The van der Waals surface area contributed by atoms with Crippen LogP contribution in [-0.2, 0) is 20.2 Å². The Labute approximate surface area is 198 Å². The SMILES string of the molecule is CS(=O)(=O)N(CC(=O)Nc1ccc(C23CC4CC(CC(C4)C2)C3)cc1)c1ccccc1Br. The van der Waals surface area contributed by atoms with Gasteiger partial charge in [0.1, 0.15) is 6.54 Å². The molecular weight excluding hydrogens is 488 g/mol. The van der Waals surface area contributed by atoms with Crippen LogP contribution in [0.2, 0.25) is 0 Å². The summed E-state index contributed by atoms with van der Waals surface area (Å²) in [6, 6.07) is 15.3. The van der Waals surface area contributed by atoms with E-state index >= 15 is 0 Å². The van der Waals surface area contributed by atoms with Crippen molar-refractivity contribution in [2.24, 2.45) is 17.8 Å². The van der Waals surface area contributed by atoms with E-state index in [1.54, 1.807) is 24.3 Å². The lowest BCUT2D eigenvalue weighted by Crippen LogP contribution is -2.48. The van der Waals surface area contributed by atoms with Gasteiger partial charge in [-0.1, -0.05) is 24.3 Å². The minimum Gasteiger partial charge on any atom is -0.325 e. The summed E-state index contributed by atoms with van der Waals surface area (Å²) >= 11 is 3.38. The molecule has 0 atom stereocenters. The van der Waals surface area contributed by atoms with Crippen LogP contribution in [0.4, 0.5) is 11.4 Å². The third kappa shape index (κ3) is 4.21. The third-order valence-electron chi connectivity index (χ3n) is 7.63. The zero-order valence-corrected chi connectivity index (χ0v) is 20.7. The van der Waals surface area contributed by atoms with E-state index in [1.165, 1.54) is 44.1 Å².